The Hall–Kier alpha value is -3.41. The summed E-state index contributed by atoms with van der Waals surface area (Å²) in [6.07, 6.45) is 7.39. The van der Waals surface area contributed by atoms with Crippen LogP contribution in [0.4, 0.5) is 4.39 Å². The molecule has 0 unspecified atom stereocenters. The number of ketones is 1. The first-order valence-corrected chi connectivity index (χ1v) is 25.9. The van der Waals surface area contributed by atoms with Crippen molar-refractivity contribution >= 4 is 62.5 Å². The van der Waals surface area contributed by atoms with Crippen molar-refractivity contribution in [2.24, 2.45) is 0 Å². The Morgan fingerprint density at radius 3 is 1.29 bits per heavy atom. The average Bonchev–Trinajstić information content (AvgIpc) is 4.06. The Morgan fingerprint density at radius 2 is 1.07 bits per heavy atom. The van der Waals surface area contributed by atoms with Gasteiger partial charge >= 0.3 is 0 Å². The van der Waals surface area contributed by atoms with Crippen LogP contribution in [0.2, 0.25) is 0 Å². The molecule has 0 fully saturated rings. The lowest BCUT2D eigenvalue weighted by atomic mass is 10.1. The molecule has 0 aliphatic carbocycles. The second kappa shape index (κ2) is 45.5. The Kier molecular flexibility index (Phi) is 54.2. The third-order valence-corrected chi connectivity index (χ3v) is 14.7. The number of Topliss-reactive ketones (excluding diaryl/α,β-unsaturated/α-hetero) is 1. The minimum absolute atomic E-state index is 0. The van der Waals surface area contributed by atoms with Gasteiger partial charge in [-0.3, -0.25) is 4.79 Å². The zero-order valence-electron chi connectivity index (χ0n) is 40.5. The van der Waals surface area contributed by atoms with Crippen molar-refractivity contribution in [1.29, 1.82) is 0 Å². The smallest absolute Gasteiger partial charge is 0.176 e. The maximum atomic E-state index is 12.3. The van der Waals surface area contributed by atoms with Gasteiger partial charge in [-0.1, -0.05) is 149 Å². The summed E-state index contributed by atoms with van der Waals surface area (Å²) in [6.45, 7) is 36.0. The number of aryl methyl sites for hydroxylation is 2. The summed E-state index contributed by atoms with van der Waals surface area (Å²) in [5.74, 6) is 3.85. The summed E-state index contributed by atoms with van der Waals surface area (Å²) in [5, 5.41) is 6.36. The molecule has 7 aromatic heterocycles. The fourth-order valence-corrected chi connectivity index (χ4v) is 8.89. The molecule has 0 N–H and O–H groups in total. The lowest BCUT2D eigenvalue weighted by molar-refractivity contribution is 0.102. The molecule has 0 radical (unpaired) electrons. The van der Waals surface area contributed by atoms with E-state index in [1.54, 1.807) is 42.1 Å². The van der Waals surface area contributed by atoms with E-state index < -0.39 is 0 Å². The Labute approximate surface area is 454 Å². The molecule has 4 nitrogen and oxygen atoms in total. The van der Waals surface area contributed by atoms with Crippen LogP contribution in [0.3, 0.4) is 0 Å². The molecule has 0 saturated heterocycles. The van der Waals surface area contributed by atoms with Gasteiger partial charge in [-0.2, -0.15) is 15.7 Å². The standard InChI is InChI=1S/C9H12OS.C8H12S.C7H9FS.C7H12N2.C7H10O.2C7H10S.8CH4/c1-6(2)8-4-5-9(11-8)7(3)10;1-6(2)8-5-4-7(3)9-8;1-5(2)6-3-4-7(8)9-6;1-6(2)9-4-7(3)8-5-9;2*1-6(2)7-3-4-8-5-7;1-6(2)7-4-3-5-8-7;;;;;;;;/h4-6H,1-3H3;4-6H,1-3H3;3-5H,1-2H3;4-6H,1-3H3;3*3-6H,1-2H3;8*1H4. The molecule has 7 aromatic rings. The van der Waals surface area contributed by atoms with Crippen molar-refractivity contribution in [3.63, 3.8) is 0 Å². The summed E-state index contributed by atoms with van der Waals surface area (Å²) in [6, 6.07) is 20.7. The van der Waals surface area contributed by atoms with Gasteiger partial charge in [0.25, 0.3) is 0 Å². The molecule has 0 bridgehead atoms. The van der Waals surface area contributed by atoms with E-state index in [9.17, 15) is 9.18 Å². The van der Waals surface area contributed by atoms with Crippen LogP contribution in [0.25, 0.3) is 0 Å². The van der Waals surface area contributed by atoms with Crippen molar-refractivity contribution < 1.29 is 13.6 Å². The number of carbonyl (C=O) groups is 1. The lowest BCUT2D eigenvalue weighted by Crippen LogP contribution is -1.95. The Bertz CT molecular complexity index is 1910. The number of hydrogen-bond acceptors (Lipinski definition) is 8. The topological polar surface area (TPSA) is 48.0 Å². The number of furan rings is 1. The van der Waals surface area contributed by atoms with Crippen LogP contribution in [-0.2, 0) is 0 Å². The predicted molar refractivity (Wildman–Crippen MR) is 331 cm³/mol. The quantitative estimate of drug-likeness (QED) is 0.143. The van der Waals surface area contributed by atoms with E-state index in [-0.39, 0.29) is 70.3 Å². The first-order chi connectivity index (χ1) is 29.1. The number of aromatic nitrogens is 2. The van der Waals surface area contributed by atoms with Crippen LogP contribution in [0.1, 0.15) is 256 Å². The molecule has 0 aliphatic rings. The zero-order chi connectivity index (χ0) is 46.9. The number of nitrogens with zero attached hydrogens (tertiary/aromatic N) is 2. The van der Waals surface area contributed by atoms with Crippen LogP contribution < -0.4 is 0 Å². The molecule has 0 atom stereocenters. The number of hydrogen-bond donors (Lipinski definition) is 0. The number of imidazole rings is 1. The van der Waals surface area contributed by atoms with Gasteiger partial charge in [-0.05, 0) is 152 Å². The second-order valence-electron chi connectivity index (χ2n) is 17.0. The van der Waals surface area contributed by atoms with Crippen LogP contribution >= 0.6 is 56.7 Å². The third-order valence-electron chi connectivity index (χ3n) is 8.89. The summed E-state index contributed by atoms with van der Waals surface area (Å²) in [7, 11) is 0. The first-order valence-electron chi connectivity index (χ1n) is 21.6. The molecule has 7 heterocycles. The zero-order valence-corrected chi connectivity index (χ0v) is 44.6. The van der Waals surface area contributed by atoms with Gasteiger partial charge in [0.05, 0.1) is 29.4 Å². The molecule has 0 amide bonds. The first kappa shape index (κ1) is 83.5. The molecular formula is C60H107FN2O2S5. The molecule has 0 aliphatic heterocycles. The van der Waals surface area contributed by atoms with Gasteiger partial charge in [0.2, 0.25) is 0 Å². The molecule has 10 heteroatoms. The minimum atomic E-state index is -0.0845. The molecule has 0 saturated carbocycles. The van der Waals surface area contributed by atoms with Gasteiger partial charge in [0.15, 0.2) is 10.9 Å². The summed E-state index contributed by atoms with van der Waals surface area (Å²) in [4.78, 5) is 22.7. The van der Waals surface area contributed by atoms with E-state index in [4.69, 9.17) is 4.42 Å². The highest BCUT2D eigenvalue weighted by atomic mass is 32.1. The molecular weight excluding hydrogens is 960 g/mol. The maximum Gasteiger partial charge on any atom is 0.176 e. The highest BCUT2D eigenvalue weighted by Gasteiger charge is 2.06. The molecule has 7 rings (SSSR count). The molecule has 0 aromatic carbocycles. The van der Waals surface area contributed by atoms with Crippen molar-refractivity contribution in [2.75, 3.05) is 0 Å². The maximum absolute atomic E-state index is 12.3. The number of halogens is 1. The SMILES string of the molecule is C.C.C.C.C.C.C.C.CC(=O)c1ccc(C(C)C)s1.CC(C)c1ccc(F)s1.CC(C)c1cccs1.CC(C)c1ccoc1.CC(C)c1ccsc1.Cc1ccc(C(C)C)s1.Cc1cn(C(C)C)cn1. The van der Waals surface area contributed by atoms with Crippen molar-refractivity contribution in [1.82, 2.24) is 9.55 Å². The highest BCUT2D eigenvalue weighted by Crippen LogP contribution is 2.25. The van der Waals surface area contributed by atoms with Crippen molar-refractivity contribution in [3.8, 4) is 0 Å². The van der Waals surface area contributed by atoms with Crippen LogP contribution in [0.5, 0.6) is 0 Å². The number of thiophene rings is 5. The van der Waals surface area contributed by atoms with E-state index in [0.717, 1.165) is 15.4 Å². The van der Waals surface area contributed by atoms with Gasteiger partial charge in [-0.25, -0.2) is 4.98 Å². The number of carbonyl (C=O) groups excluding carboxylic acids is 1. The van der Waals surface area contributed by atoms with Crippen LogP contribution in [0.15, 0.2) is 106 Å². The fraction of sp³-hybridized carbons (Fsp3) is 0.533. The van der Waals surface area contributed by atoms with E-state index >= 15 is 0 Å². The van der Waals surface area contributed by atoms with Crippen LogP contribution in [0, 0.1) is 19.0 Å². The van der Waals surface area contributed by atoms with Crippen LogP contribution in [-0.4, -0.2) is 15.3 Å². The normalized spacial score (nSPS) is 9.33. The Balaban J connectivity index is -0.000000105. The van der Waals surface area contributed by atoms with Gasteiger partial charge in [-0.15, -0.1) is 45.3 Å². The summed E-state index contributed by atoms with van der Waals surface area (Å²) in [5.41, 5.74) is 3.81. The highest BCUT2D eigenvalue weighted by molar-refractivity contribution is 7.14. The summed E-state index contributed by atoms with van der Waals surface area (Å²) < 4.78 is 19.3. The number of rotatable bonds is 8. The molecule has 0 spiro atoms. The summed E-state index contributed by atoms with van der Waals surface area (Å²) >= 11 is 8.32. The van der Waals surface area contributed by atoms with Crippen molar-refractivity contribution in [2.45, 2.75) is 219 Å². The lowest BCUT2D eigenvalue weighted by Gasteiger charge is -2.02. The monoisotopic (exact) mass is 1070 g/mol. The Morgan fingerprint density at radius 1 is 0.571 bits per heavy atom. The second-order valence-corrected chi connectivity index (χ2v) is 22.2. The minimum Gasteiger partial charge on any atom is -0.472 e. The molecule has 406 valence electrons. The van der Waals surface area contributed by atoms with Gasteiger partial charge < -0.3 is 8.98 Å². The average molecular weight is 1070 g/mol. The van der Waals surface area contributed by atoms with Gasteiger partial charge in [0.1, 0.15) is 0 Å². The van der Waals surface area contributed by atoms with E-state index in [2.05, 4.69) is 160 Å². The van der Waals surface area contributed by atoms with E-state index in [1.807, 2.05) is 66.4 Å². The van der Waals surface area contributed by atoms with Crippen molar-refractivity contribution in [3.05, 3.63) is 153 Å². The molecule has 70 heavy (non-hydrogen) atoms. The predicted octanol–water partition coefficient (Wildman–Crippen LogP) is 24.3. The van der Waals surface area contributed by atoms with Gasteiger partial charge in [0, 0.05) is 36.6 Å². The largest absolute Gasteiger partial charge is 0.472 e. The van der Waals surface area contributed by atoms with E-state index in [0.29, 0.717) is 41.5 Å². The van der Waals surface area contributed by atoms with E-state index in [1.165, 1.54) is 48.0 Å². The fourth-order valence-electron chi connectivity index (χ4n) is 4.80. The third kappa shape index (κ3) is 35.7.